The van der Waals surface area contributed by atoms with E-state index in [1.54, 1.807) is 0 Å². The SMILES string of the molecule is Fc1ccc(C(F)(F)N2CCC(=C3c4ccccc4C=Cc4ccccc43)CC2)c(F)c1F. The normalized spacial score (nSPS) is 16.4. The number of likely N-dealkylation sites (tertiary alicyclic amines) is 1. The van der Waals surface area contributed by atoms with Crippen LogP contribution in [0.2, 0.25) is 0 Å². The van der Waals surface area contributed by atoms with Gasteiger partial charge in [0.1, 0.15) is 0 Å². The largest absolute Gasteiger partial charge is 0.334 e. The van der Waals surface area contributed by atoms with Crippen LogP contribution in [-0.4, -0.2) is 18.0 Å². The van der Waals surface area contributed by atoms with E-state index in [1.165, 1.54) is 0 Å². The molecule has 1 aliphatic heterocycles. The molecule has 6 heteroatoms. The lowest BCUT2D eigenvalue weighted by Crippen LogP contribution is -2.44. The minimum atomic E-state index is -3.75. The van der Waals surface area contributed by atoms with Crippen LogP contribution < -0.4 is 0 Å². The van der Waals surface area contributed by atoms with Crippen molar-refractivity contribution in [1.29, 1.82) is 0 Å². The summed E-state index contributed by atoms with van der Waals surface area (Å²) in [5, 5.41) is 0. The summed E-state index contributed by atoms with van der Waals surface area (Å²) in [6, 6.07) is 13.3. The Balaban J connectivity index is 1.51. The Kier molecular flexibility index (Phi) is 5.41. The zero-order valence-electron chi connectivity index (χ0n) is 17.6. The van der Waals surface area contributed by atoms with Crippen LogP contribution in [-0.2, 0) is 6.05 Å². The standard InChI is InChI=1S/C27H20F5N/c28-23-12-11-22(25(29)26(23)30)27(31,32)33-15-13-19(14-16-33)24-20-7-3-1-5-17(20)9-10-18-6-2-4-8-21(18)24/h1-12H,13-16H2. The van der Waals surface area contributed by atoms with Crippen LogP contribution in [0.15, 0.2) is 66.2 Å². The molecule has 1 fully saturated rings. The van der Waals surface area contributed by atoms with Crippen molar-refractivity contribution in [2.75, 3.05) is 13.1 Å². The van der Waals surface area contributed by atoms with Crippen molar-refractivity contribution >= 4 is 17.7 Å². The highest BCUT2D eigenvalue weighted by atomic mass is 19.3. The second-order valence-electron chi connectivity index (χ2n) is 8.24. The van der Waals surface area contributed by atoms with Gasteiger partial charge in [-0.2, -0.15) is 8.78 Å². The van der Waals surface area contributed by atoms with E-state index in [2.05, 4.69) is 12.2 Å². The number of benzene rings is 3. The number of hydrogen-bond acceptors (Lipinski definition) is 1. The quantitative estimate of drug-likeness (QED) is 0.176. The van der Waals surface area contributed by atoms with E-state index in [0.29, 0.717) is 25.0 Å². The van der Waals surface area contributed by atoms with Crippen LogP contribution >= 0.6 is 0 Å². The summed E-state index contributed by atoms with van der Waals surface area (Å²) in [7, 11) is 0. The molecule has 168 valence electrons. The van der Waals surface area contributed by atoms with Crippen LogP contribution in [0.4, 0.5) is 22.0 Å². The van der Waals surface area contributed by atoms with E-state index in [1.807, 2.05) is 48.5 Å². The number of piperidine rings is 1. The maximum Gasteiger partial charge on any atom is 0.334 e. The molecule has 0 saturated carbocycles. The number of fused-ring (bicyclic) bond motifs is 2. The predicted octanol–water partition coefficient (Wildman–Crippen LogP) is 7.23. The molecular weight excluding hydrogens is 433 g/mol. The van der Waals surface area contributed by atoms with Crippen molar-refractivity contribution < 1.29 is 22.0 Å². The number of hydrogen-bond donors (Lipinski definition) is 0. The monoisotopic (exact) mass is 453 g/mol. The van der Waals surface area contributed by atoms with Gasteiger partial charge in [-0.05, 0) is 52.8 Å². The van der Waals surface area contributed by atoms with Gasteiger partial charge in [0.15, 0.2) is 17.5 Å². The zero-order valence-corrected chi connectivity index (χ0v) is 17.6. The number of rotatable bonds is 2. The molecule has 3 aromatic carbocycles. The summed E-state index contributed by atoms with van der Waals surface area (Å²) in [4.78, 5) is 0.833. The molecule has 0 unspecified atom stereocenters. The van der Waals surface area contributed by atoms with Gasteiger partial charge >= 0.3 is 6.05 Å². The molecule has 5 rings (SSSR count). The van der Waals surface area contributed by atoms with Gasteiger partial charge in [-0.1, -0.05) is 66.3 Å². The van der Waals surface area contributed by atoms with Gasteiger partial charge in [-0.15, -0.1) is 0 Å². The first kappa shape index (κ1) is 21.6. The van der Waals surface area contributed by atoms with Crippen molar-refractivity contribution in [2.24, 2.45) is 0 Å². The molecule has 0 aromatic heterocycles. The fraction of sp³-hybridized carbons (Fsp3) is 0.185. The highest BCUT2D eigenvalue weighted by molar-refractivity contribution is 5.94. The summed E-state index contributed by atoms with van der Waals surface area (Å²) in [5.74, 6) is -5.22. The van der Waals surface area contributed by atoms with Crippen molar-refractivity contribution in [3.05, 3.63) is 112 Å². The molecule has 2 aliphatic rings. The molecule has 1 saturated heterocycles. The lowest BCUT2D eigenvalue weighted by atomic mass is 9.86. The maximum absolute atomic E-state index is 15.1. The smallest absolute Gasteiger partial charge is 0.240 e. The molecular formula is C27H20F5N. The zero-order chi connectivity index (χ0) is 23.2. The second kappa shape index (κ2) is 8.27. The van der Waals surface area contributed by atoms with E-state index in [0.717, 1.165) is 38.3 Å². The van der Waals surface area contributed by atoms with E-state index in [4.69, 9.17) is 0 Å². The van der Waals surface area contributed by atoms with Gasteiger partial charge < -0.3 is 0 Å². The summed E-state index contributed by atoms with van der Waals surface area (Å²) in [6.07, 6.45) is 4.80. The topological polar surface area (TPSA) is 3.24 Å². The fourth-order valence-electron chi connectivity index (χ4n) is 4.68. The first-order valence-corrected chi connectivity index (χ1v) is 10.7. The van der Waals surface area contributed by atoms with Gasteiger partial charge in [-0.3, -0.25) is 0 Å². The molecule has 1 heterocycles. The first-order chi connectivity index (χ1) is 15.9. The van der Waals surface area contributed by atoms with Gasteiger partial charge in [0.25, 0.3) is 0 Å². The third-order valence-corrected chi connectivity index (χ3v) is 6.38. The number of nitrogens with zero attached hydrogens (tertiary/aromatic N) is 1. The molecule has 0 atom stereocenters. The van der Waals surface area contributed by atoms with E-state index in [-0.39, 0.29) is 13.1 Å². The minimum absolute atomic E-state index is 0.0397. The summed E-state index contributed by atoms with van der Waals surface area (Å²) in [6.45, 7) is -0.0793. The van der Waals surface area contributed by atoms with Gasteiger partial charge in [0.05, 0.1) is 5.56 Å². The molecule has 0 spiro atoms. The highest BCUT2D eigenvalue weighted by Crippen LogP contribution is 2.42. The van der Waals surface area contributed by atoms with Crippen LogP contribution in [0, 0.1) is 17.5 Å². The van der Waals surface area contributed by atoms with Crippen molar-refractivity contribution in [2.45, 2.75) is 18.9 Å². The van der Waals surface area contributed by atoms with E-state index in [9.17, 15) is 13.2 Å². The minimum Gasteiger partial charge on any atom is -0.240 e. The summed E-state index contributed by atoms with van der Waals surface area (Å²) < 4.78 is 71.1. The van der Waals surface area contributed by atoms with Crippen LogP contribution in [0.5, 0.6) is 0 Å². The van der Waals surface area contributed by atoms with Crippen molar-refractivity contribution in [3.63, 3.8) is 0 Å². The Hall–Kier alpha value is -3.25. The Labute approximate surface area is 188 Å². The Morgan fingerprint density at radius 1 is 0.667 bits per heavy atom. The van der Waals surface area contributed by atoms with E-state index >= 15 is 8.78 Å². The fourth-order valence-corrected chi connectivity index (χ4v) is 4.68. The number of alkyl halides is 2. The molecule has 0 radical (unpaired) electrons. The summed E-state index contributed by atoms with van der Waals surface area (Å²) >= 11 is 0. The average Bonchev–Trinajstić information content (AvgIpc) is 2.99. The Morgan fingerprint density at radius 2 is 1.21 bits per heavy atom. The molecule has 33 heavy (non-hydrogen) atoms. The lowest BCUT2D eigenvalue weighted by Gasteiger charge is -2.36. The summed E-state index contributed by atoms with van der Waals surface area (Å²) in [5.41, 5.74) is 5.11. The lowest BCUT2D eigenvalue weighted by molar-refractivity contribution is -0.160. The van der Waals surface area contributed by atoms with Gasteiger partial charge in [0.2, 0.25) is 0 Å². The third-order valence-electron chi connectivity index (χ3n) is 6.38. The van der Waals surface area contributed by atoms with Crippen LogP contribution in [0.3, 0.4) is 0 Å². The highest BCUT2D eigenvalue weighted by Gasteiger charge is 2.43. The van der Waals surface area contributed by atoms with Crippen molar-refractivity contribution in [3.8, 4) is 0 Å². The van der Waals surface area contributed by atoms with Crippen LogP contribution in [0.25, 0.3) is 17.7 Å². The molecule has 0 N–H and O–H groups in total. The van der Waals surface area contributed by atoms with Gasteiger partial charge in [0, 0.05) is 13.1 Å². The molecule has 3 aromatic rings. The maximum atomic E-state index is 15.1. The van der Waals surface area contributed by atoms with Gasteiger partial charge in [-0.25, -0.2) is 18.1 Å². The van der Waals surface area contributed by atoms with Crippen molar-refractivity contribution in [1.82, 2.24) is 4.90 Å². The average molecular weight is 453 g/mol. The first-order valence-electron chi connectivity index (χ1n) is 10.7. The molecule has 1 nitrogen and oxygen atoms in total. The third kappa shape index (κ3) is 3.68. The van der Waals surface area contributed by atoms with E-state index < -0.39 is 29.1 Å². The number of halogens is 5. The van der Waals surface area contributed by atoms with Crippen LogP contribution in [0.1, 0.15) is 40.7 Å². The Morgan fingerprint density at radius 3 is 1.79 bits per heavy atom. The molecule has 1 aliphatic carbocycles. The molecule has 0 bridgehead atoms. The molecule has 0 amide bonds. The predicted molar refractivity (Wildman–Crippen MR) is 119 cm³/mol. The second-order valence-corrected chi connectivity index (χ2v) is 8.24. The Bertz CT molecular complexity index is 1230.